The smallest absolute Gasteiger partial charge is 0.299 e. The van der Waals surface area contributed by atoms with Crippen molar-refractivity contribution >= 4 is 0 Å². The molecule has 0 aromatic carbocycles. The molecule has 2 fully saturated rings. The van der Waals surface area contributed by atoms with Crippen molar-refractivity contribution < 1.29 is 13.2 Å². The fourth-order valence-electron chi connectivity index (χ4n) is 4.01. The molecule has 1 aliphatic heterocycles. The lowest BCUT2D eigenvalue weighted by atomic mass is 9.76. The highest BCUT2D eigenvalue weighted by molar-refractivity contribution is 4.98. The molecule has 0 spiro atoms. The zero-order valence-electron chi connectivity index (χ0n) is 12.7. The Hall–Kier alpha value is -0.760. The summed E-state index contributed by atoms with van der Waals surface area (Å²) in [5.74, 6) is -0.505. The number of nitriles is 1. The molecule has 0 amide bonds. The molecule has 2 aliphatic rings. The van der Waals surface area contributed by atoms with Crippen molar-refractivity contribution in [3.63, 3.8) is 0 Å². The Morgan fingerprint density at radius 1 is 1.14 bits per heavy atom. The molecule has 5 heteroatoms. The van der Waals surface area contributed by atoms with Gasteiger partial charge in [0, 0.05) is 6.04 Å². The predicted molar refractivity (Wildman–Crippen MR) is 75.5 cm³/mol. The van der Waals surface area contributed by atoms with Gasteiger partial charge in [-0.2, -0.15) is 18.4 Å². The van der Waals surface area contributed by atoms with Gasteiger partial charge in [-0.3, -0.25) is 4.90 Å². The van der Waals surface area contributed by atoms with Gasteiger partial charge in [0.1, 0.15) is 0 Å². The zero-order valence-corrected chi connectivity index (χ0v) is 12.7. The summed E-state index contributed by atoms with van der Waals surface area (Å²) in [7, 11) is 0. The van der Waals surface area contributed by atoms with Gasteiger partial charge in [0.2, 0.25) is 0 Å². The first-order valence-electron chi connectivity index (χ1n) is 8.16. The van der Waals surface area contributed by atoms with E-state index in [-0.39, 0.29) is 24.8 Å². The summed E-state index contributed by atoms with van der Waals surface area (Å²) in [5.41, 5.74) is 0. The van der Waals surface area contributed by atoms with E-state index in [9.17, 15) is 18.4 Å². The van der Waals surface area contributed by atoms with Crippen LogP contribution in [0.15, 0.2) is 0 Å². The summed E-state index contributed by atoms with van der Waals surface area (Å²) in [6.07, 6.45) is 1.64. The minimum atomic E-state index is -4.06. The molecule has 1 saturated heterocycles. The Balaban J connectivity index is 1.94. The second-order valence-electron chi connectivity index (χ2n) is 6.62. The van der Waals surface area contributed by atoms with Gasteiger partial charge in [-0.1, -0.05) is 19.8 Å². The first kappa shape index (κ1) is 16.6. The van der Waals surface area contributed by atoms with Gasteiger partial charge in [0.25, 0.3) is 0 Å². The van der Waals surface area contributed by atoms with E-state index in [0.717, 1.165) is 25.7 Å². The molecule has 0 bridgehead atoms. The topological polar surface area (TPSA) is 27.0 Å². The largest absolute Gasteiger partial charge is 0.391 e. The molecule has 1 aliphatic carbocycles. The number of rotatable bonds is 3. The summed E-state index contributed by atoms with van der Waals surface area (Å²) in [4.78, 5) is 2.16. The fraction of sp³-hybridized carbons (Fsp3) is 0.938. The van der Waals surface area contributed by atoms with Crippen LogP contribution in [-0.2, 0) is 0 Å². The summed E-state index contributed by atoms with van der Waals surface area (Å²) < 4.78 is 38.2. The molecule has 2 nitrogen and oxygen atoms in total. The SMILES string of the molecule is CCCC1CCC(C#N)C(N2CCC(C(F)(F)F)CC2)C1. The molecule has 2 rings (SSSR count). The molecule has 0 N–H and O–H groups in total. The van der Waals surface area contributed by atoms with Crippen LogP contribution in [0.25, 0.3) is 0 Å². The second kappa shape index (κ2) is 7.00. The van der Waals surface area contributed by atoms with Crippen LogP contribution in [0.4, 0.5) is 13.2 Å². The van der Waals surface area contributed by atoms with Crippen molar-refractivity contribution in [1.82, 2.24) is 4.90 Å². The van der Waals surface area contributed by atoms with Gasteiger partial charge in [0.05, 0.1) is 17.9 Å². The van der Waals surface area contributed by atoms with Gasteiger partial charge in [-0.25, -0.2) is 0 Å². The average Bonchev–Trinajstić information content (AvgIpc) is 2.47. The van der Waals surface area contributed by atoms with E-state index in [1.165, 1.54) is 6.42 Å². The Morgan fingerprint density at radius 3 is 2.33 bits per heavy atom. The number of halogens is 3. The Labute approximate surface area is 125 Å². The van der Waals surface area contributed by atoms with E-state index in [1.54, 1.807) is 0 Å². The van der Waals surface area contributed by atoms with Crippen LogP contribution in [0.3, 0.4) is 0 Å². The first-order valence-corrected chi connectivity index (χ1v) is 8.16. The van der Waals surface area contributed by atoms with Crippen molar-refractivity contribution in [2.24, 2.45) is 17.8 Å². The lowest BCUT2D eigenvalue weighted by Gasteiger charge is -2.43. The molecule has 1 heterocycles. The quantitative estimate of drug-likeness (QED) is 0.774. The van der Waals surface area contributed by atoms with E-state index >= 15 is 0 Å². The van der Waals surface area contributed by atoms with Crippen molar-refractivity contribution in [1.29, 1.82) is 5.26 Å². The molecule has 21 heavy (non-hydrogen) atoms. The normalized spacial score (nSPS) is 32.8. The van der Waals surface area contributed by atoms with E-state index in [2.05, 4.69) is 17.9 Å². The Kier molecular flexibility index (Phi) is 5.54. The third-order valence-corrected chi connectivity index (χ3v) is 5.25. The maximum absolute atomic E-state index is 12.7. The summed E-state index contributed by atoms with van der Waals surface area (Å²) in [5, 5.41) is 9.33. The second-order valence-corrected chi connectivity index (χ2v) is 6.62. The van der Waals surface area contributed by atoms with E-state index in [4.69, 9.17) is 0 Å². The molecule has 0 radical (unpaired) electrons. The number of alkyl halides is 3. The highest BCUT2D eigenvalue weighted by atomic mass is 19.4. The number of hydrogen-bond acceptors (Lipinski definition) is 2. The van der Waals surface area contributed by atoms with Crippen molar-refractivity contribution in [2.75, 3.05) is 13.1 Å². The number of piperidine rings is 1. The lowest BCUT2D eigenvalue weighted by Crippen LogP contribution is -2.49. The molecule has 3 atom stereocenters. The minimum Gasteiger partial charge on any atom is -0.299 e. The molecule has 120 valence electrons. The Bertz CT molecular complexity index is 367. The van der Waals surface area contributed by atoms with Crippen LogP contribution in [0.1, 0.15) is 51.9 Å². The predicted octanol–water partition coefficient (Wildman–Crippen LogP) is 4.37. The van der Waals surface area contributed by atoms with Gasteiger partial charge < -0.3 is 0 Å². The maximum atomic E-state index is 12.7. The monoisotopic (exact) mass is 302 g/mol. The van der Waals surface area contributed by atoms with E-state index < -0.39 is 12.1 Å². The molecule has 0 aromatic rings. The minimum absolute atomic E-state index is 0.000503. The third-order valence-electron chi connectivity index (χ3n) is 5.25. The van der Waals surface area contributed by atoms with Gasteiger partial charge >= 0.3 is 6.18 Å². The summed E-state index contributed by atoms with van der Waals surface area (Å²) in [6.45, 7) is 3.15. The lowest BCUT2D eigenvalue weighted by molar-refractivity contribution is -0.187. The van der Waals surface area contributed by atoms with Gasteiger partial charge in [-0.05, 0) is 51.1 Å². The van der Waals surface area contributed by atoms with Crippen LogP contribution in [0.5, 0.6) is 0 Å². The highest BCUT2D eigenvalue weighted by Gasteiger charge is 2.43. The average molecular weight is 302 g/mol. The zero-order chi connectivity index (χ0) is 15.5. The molecular formula is C16H25F3N2. The van der Waals surface area contributed by atoms with Crippen molar-refractivity contribution in [3.05, 3.63) is 0 Å². The standard InChI is InChI=1S/C16H25F3N2/c1-2-3-12-4-5-13(11-20)15(10-12)21-8-6-14(7-9-21)16(17,18)19/h12-15H,2-10H2,1H3. The van der Waals surface area contributed by atoms with Crippen LogP contribution in [0.2, 0.25) is 0 Å². The van der Waals surface area contributed by atoms with Crippen LogP contribution >= 0.6 is 0 Å². The third kappa shape index (κ3) is 4.12. The van der Waals surface area contributed by atoms with Crippen LogP contribution < -0.4 is 0 Å². The Morgan fingerprint density at radius 2 is 1.81 bits per heavy atom. The molecule has 1 saturated carbocycles. The fourth-order valence-corrected chi connectivity index (χ4v) is 4.01. The van der Waals surface area contributed by atoms with Crippen LogP contribution in [0, 0.1) is 29.1 Å². The van der Waals surface area contributed by atoms with E-state index in [1.807, 2.05) is 0 Å². The molecule has 3 unspecified atom stereocenters. The number of likely N-dealkylation sites (tertiary alicyclic amines) is 1. The van der Waals surface area contributed by atoms with Gasteiger partial charge in [-0.15, -0.1) is 0 Å². The maximum Gasteiger partial charge on any atom is 0.391 e. The number of hydrogen-bond donors (Lipinski definition) is 0. The van der Waals surface area contributed by atoms with Gasteiger partial charge in [0.15, 0.2) is 0 Å². The first-order chi connectivity index (χ1) is 9.95. The van der Waals surface area contributed by atoms with Crippen LogP contribution in [-0.4, -0.2) is 30.2 Å². The van der Waals surface area contributed by atoms with E-state index in [0.29, 0.717) is 19.0 Å². The van der Waals surface area contributed by atoms with Crippen molar-refractivity contribution in [3.8, 4) is 6.07 Å². The molecule has 0 aromatic heterocycles. The molecular weight excluding hydrogens is 277 g/mol. The highest BCUT2D eigenvalue weighted by Crippen LogP contribution is 2.39. The number of nitrogens with zero attached hydrogens (tertiary/aromatic N) is 2. The van der Waals surface area contributed by atoms with Crippen molar-refractivity contribution in [2.45, 2.75) is 64.1 Å². The summed E-state index contributed by atoms with van der Waals surface area (Å²) >= 11 is 0. The summed E-state index contributed by atoms with van der Waals surface area (Å²) in [6, 6.07) is 2.57.